The van der Waals surface area contributed by atoms with Crippen LogP contribution in [0.25, 0.3) is 0 Å². The maximum atomic E-state index is 11.8. The van der Waals surface area contributed by atoms with Gasteiger partial charge in [0, 0.05) is 12.2 Å². The first kappa shape index (κ1) is 15.1. The van der Waals surface area contributed by atoms with E-state index in [0.29, 0.717) is 18.7 Å². The molecule has 0 bridgehead atoms. The van der Waals surface area contributed by atoms with Crippen molar-refractivity contribution in [3.05, 3.63) is 28.8 Å². The van der Waals surface area contributed by atoms with Crippen LogP contribution in [0.5, 0.6) is 0 Å². The number of halogens is 1. The van der Waals surface area contributed by atoms with Crippen LogP contribution in [0.1, 0.15) is 23.2 Å². The lowest BCUT2D eigenvalue weighted by molar-refractivity contribution is -0.124. The van der Waals surface area contributed by atoms with E-state index in [4.69, 9.17) is 16.7 Å². The zero-order chi connectivity index (χ0) is 15.4. The van der Waals surface area contributed by atoms with E-state index in [2.05, 4.69) is 16.0 Å². The van der Waals surface area contributed by atoms with Crippen LogP contribution in [0, 0.1) is 0 Å². The van der Waals surface area contributed by atoms with E-state index in [1.165, 1.54) is 18.2 Å². The molecule has 7 nitrogen and oxygen atoms in total. The standard InChI is InChI=1S/C13H14ClN3O4/c14-9-6-7(3-4-8(9)12(19)20)16-13(21)17-10-2-1-5-15-11(10)18/h3-4,6,10H,1-2,5H2,(H,15,18)(H,19,20)(H2,16,17,21). The zero-order valence-electron chi connectivity index (χ0n) is 11.0. The second-order valence-corrected chi connectivity index (χ2v) is 4.99. The molecule has 2 rings (SSSR count). The predicted octanol–water partition coefficient (Wildman–Crippen LogP) is 1.44. The molecule has 1 aliphatic rings. The highest BCUT2D eigenvalue weighted by Crippen LogP contribution is 2.21. The number of carboxylic acid groups (broad SMARTS) is 1. The third kappa shape index (κ3) is 3.85. The second-order valence-electron chi connectivity index (χ2n) is 4.58. The van der Waals surface area contributed by atoms with Crippen molar-refractivity contribution < 1.29 is 19.5 Å². The van der Waals surface area contributed by atoms with E-state index in [-0.39, 0.29) is 16.5 Å². The summed E-state index contributed by atoms with van der Waals surface area (Å²) in [4.78, 5) is 34.1. The van der Waals surface area contributed by atoms with Crippen molar-refractivity contribution in [3.63, 3.8) is 0 Å². The molecule has 0 spiro atoms. The summed E-state index contributed by atoms with van der Waals surface area (Å²) in [6, 6.07) is 2.96. The SMILES string of the molecule is O=C(Nc1ccc(C(=O)O)c(Cl)c1)NC1CCCNC1=O. The summed E-state index contributed by atoms with van der Waals surface area (Å²) >= 11 is 5.81. The molecule has 8 heteroatoms. The van der Waals surface area contributed by atoms with Gasteiger partial charge in [-0.05, 0) is 31.0 Å². The minimum atomic E-state index is -1.14. The Morgan fingerprint density at radius 3 is 2.76 bits per heavy atom. The van der Waals surface area contributed by atoms with Gasteiger partial charge in [0.2, 0.25) is 5.91 Å². The maximum Gasteiger partial charge on any atom is 0.337 e. The van der Waals surface area contributed by atoms with E-state index >= 15 is 0 Å². The number of amides is 3. The average molecular weight is 312 g/mol. The largest absolute Gasteiger partial charge is 0.478 e. The van der Waals surface area contributed by atoms with Crippen LogP contribution in [0.4, 0.5) is 10.5 Å². The monoisotopic (exact) mass is 311 g/mol. The molecule has 1 aliphatic heterocycles. The Morgan fingerprint density at radius 2 is 2.14 bits per heavy atom. The first-order valence-corrected chi connectivity index (χ1v) is 6.73. The second kappa shape index (κ2) is 6.45. The first-order chi connectivity index (χ1) is 9.97. The molecule has 3 amide bonds. The highest BCUT2D eigenvalue weighted by Gasteiger charge is 2.23. The van der Waals surface area contributed by atoms with Crippen molar-refractivity contribution >= 4 is 35.2 Å². The zero-order valence-corrected chi connectivity index (χ0v) is 11.7. The average Bonchev–Trinajstić information content (AvgIpc) is 2.41. The summed E-state index contributed by atoms with van der Waals surface area (Å²) in [6.07, 6.45) is 1.38. The fourth-order valence-corrected chi connectivity index (χ4v) is 2.26. The number of aromatic carboxylic acids is 1. The summed E-state index contributed by atoms with van der Waals surface area (Å²) < 4.78 is 0. The Labute approximate surface area is 125 Å². The first-order valence-electron chi connectivity index (χ1n) is 6.35. The highest BCUT2D eigenvalue weighted by atomic mass is 35.5. The number of carbonyl (C=O) groups excluding carboxylic acids is 2. The summed E-state index contributed by atoms with van der Waals surface area (Å²) in [5.74, 6) is -1.36. The van der Waals surface area contributed by atoms with Crippen LogP contribution in [-0.2, 0) is 4.79 Å². The number of rotatable bonds is 3. The number of benzene rings is 1. The molecule has 0 aromatic heterocycles. The fraction of sp³-hybridized carbons (Fsp3) is 0.308. The minimum absolute atomic E-state index is 0.0238. The van der Waals surface area contributed by atoms with Crippen LogP contribution in [-0.4, -0.2) is 35.6 Å². The Bertz CT molecular complexity index is 591. The van der Waals surface area contributed by atoms with Crippen LogP contribution < -0.4 is 16.0 Å². The van der Waals surface area contributed by atoms with Gasteiger partial charge >= 0.3 is 12.0 Å². The summed E-state index contributed by atoms with van der Waals surface area (Å²) in [7, 11) is 0. The maximum absolute atomic E-state index is 11.8. The Morgan fingerprint density at radius 1 is 1.38 bits per heavy atom. The van der Waals surface area contributed by atoms with Crippen molar-refractivity contribution in [2.24, 2.45) is 0 Å². The molecule has 1 aromatic carbocycles. The van der Waals surface area contributed by atoms with Crippen molar-refractivity contribution in [2.75, 3.05) is 11.9 Å². The van der Waals surface area contributed by atoms with Gasteiger partial charge in [-0.15, -0.1) is 0 Å². The van der Waals surface area contributed by atoms with Gasteiger partial charge in [0.15, 0.2) is 0 Å². The molecule has 1 aromatic rings. The number of urea groups is 1. The molecule has 21 heavy (non-hydrogen) atoms. The molecule has 0 aliphatic carbocycles. The van der Waals surface area contributed by atoms with Crippen LogP contribution in [0.2, 0.25) is 5.02 Å². The van der Waals surface area contributed by atoms with Crippen LogP contribution in [0.15, 0.2) is 18.2 Å². The van der Waals surface area contributed by atoms with Gasteiger partial charge in [0.1, 0.15) is 6.04 Å². The molecule has 1 fully saturated rings. The number of piperidine rings is 1. The van der Waals surface area contributed by atoms with E-state index in [0.717, 1.165) is 6.42 Å². The van der Waals surface area contributed by atoms with Crippen LogP contribution in [0.3, 0.4) is 0 Å². The number of hydrogen-bond donors (Lipinski definition) is 4. The van der Waals surface area contributed by atoms with Gasteiger partial charge in [-0.25, -0.2) is 9.59 Å². The molecule has 112 valence electrons. The third-order valence-electron chi connectivity index (χ3n) is 3.05. The number of anilines is 1. The molecule has 1 atom stereocenters. The molecular formula is C13H14ClN3O4. The van der Waals surface area contributed by atoms with Gasteiger partial charge < -0.3 is 21.1 Å². The lowest BCUT2D eigenvalue weighted by Gasteiger charge is -2.22. The van der Waals surface area contributed by atoms with E-state index < -0.39 is 18.0 Å². The lowest BCUT2D eigenvalue weighted by atomic mass is 10.1. The molecule has 4 N–H and O–H groups in total. The number of nitrogens with one attached hydrogen (secondary N) is 3. The molecule has 0 saturated carbocycles. The summed E-state index contributed by atoms with van der Waals surface area (Å²) in [6.45, 7) is 0.616. The minimum Gasteiger partial charge on any atom is -0.478 e. The van der Waals surface area contributed by atoms with Crippen LogP contribution >= 0.6 is 11.6 Å². The van der Waals surface area contributed by atoms with Gasteiger partial charge in [-0.1, -0.05) is 11.6 Å². The fourth-order valence-electron chi connectivity index (χ4n) is 2.00. The molecule has 1 unspecified atom stereocenters. The van der Waals surface area contributed by atoms with Gasteiger partial charge in [-0.2, -0.15) is 0 Å². The third-order valence-corrected chi connectivity index (χ3v) is 3.36. The molecule has 1 heterocycles. The smallest absolute Gasteiger partial charge is 0.337 e. The number of carboxylic acids is 1. The quantitative estimate of drug-likeness (QED) is 0.677. The predicted molar refractivity (Wildman–Crippen MR) is 76.6 cm³/mol. The number of carbonyl (C=O) groups is 3. The Hall–Kier alpha value is -2.28. The van der Waals surface area contributed by atoms with E-state index in [1.807, 2.05) is 0 Å². The van der Waals surface area contributed by atoms with Gasteiger partial charge in [0.05, 0.1) is 10.6 Å². The Balaban J connectivity index is 1.98. The van der Waals surface area contributed by atoms with Crippen molar-refractivity contribution in [1.82, 2.24) is 10.6 Å². The lowest BCUT2D eigenvalue weighted by Crippen LogP contribution is -2.51. The highest BCUT2D eigenvalue weighted by molar-refractivity contribution is 6.33. The van der Waals surface area contributed by atoms with Crippen molar-refractivity contribution in [2.45, 2.75) is 18.9 Å². The molecular weight excluding hydrogens is 298 g/mol. The molecule has 1 saturated heterocycles. The summed E-state index contributed by atoms with van der Waals surface area (Å²) in [5.41, 5.74) is 0.299. The topological polar surface area (TPSA) is 108 Å². The summed E-state index contributed by atoms with van der Waals surface area (Å²) in [5, 5.41) is 16.6. The Kier molecular flexibility index (Phi) is 4.64. The number of hydrogen-bond acceptors (Lipinski definition) is 3. The van der Waals surface area contributed by atoms with Gasteiger partial charge in [-0.3, -0.25) is 4.79 Å². The molecule has 0 radical (unpaired) electrons. The van der Waals surface area contributed by atoms with Crippen molar-refractivity contribution in [3.8, 4) is 0 Å². The normalized spacial score (nSPS) is 17.8. The van der Waals surface area contributed by atoms with E-state index in [1.54, 1.807) is 0 Å². The van der Waals surface area contributed by atoms with E-state index in [9.17, 15) is 14.4 Å². The van der Waals surface area contributed by atoms with Gasteiger partial charge in [0.25, 0.3) is 0 Å². The van der Waals surface area contributed by atoms with Crippen molar-refractivity contribution in [1.29, 1.82) is 0 Å².